The number of ether oxygens (including phenoxy) is 4. The third kappa shape index (κ3) is 10.6. The van der Waals surface area contributed by atoms with Crippen LogP contribution in [0.4, 0.5) is 14.4 Å². The Balaban J connectivity index is 1.29. The van der Waals surface area contributed by atoms with E-state index in [4.69, 9.17) is 18.9 Å². The second-order valence-corrected chi connectivity index (χ2v) is 14.6. The summed E-state index contributed by atoms with van der Waals surface area (Å²) in [6, 6.07) is 12.8. The predicted octanol–water partition coefficient (Wildman–Crippen LogP) is 5.47. The van der Waals surface area contributed by atoms with E-state index >= 15 is 0 Å². The molecule has 0 radical (unpaired) electrons. The minimum Gasteiger partial charge on any atom is -0.480 e. The fourth-order valence-electron chi connectivity index (χ4n) is 5.83. The van der Waals surface area contributed by atoms with Crippen molar-refractivity contribution in [1.29, 1.82) is 0 Å². The van der Waals surface area contributed by atoms with Gasteiger partial charge in [-0.15, -0.1) is 0 Å². The lowest BCUT2D eigenvalue weighted by Crippen LogP contribution is -2.49. The Morgan fingerprint density at radius 3 is 2.35 bits per heavy atom. The highest BCUT2D eigenvalue weighted by Crippen LogP contribution is 2.29. The first-order valence-corrected chi connectivity index (χ1v) is 16.8. The summed E-state index contributed by atoms with van der Waals surface area (Å²) in [7, 11) is 1.24. The molecule has 1 saturated heterocycles. The van der Waals surface area contributed by atoms with Crippen LogP contribution in [-0.2, 0) is 48.2 Å². The minimum atomic E-state index is -1.13. The van der Waals surface area contributed by atoms with Crippen molar-refractivity contribution < 1.29 is 48.0 Å². The first-order valence-electron chi connectivity index (χ1n) is 16.8. The largest absolute Gasteiger partial charge is 0.480 e. The third-order valence-electron chi connectivity index (χ3n) is 8.80. The number of esters is 1. The summed E-state index contributed by atoms with van der Waals surface area (Å²) < 4.78 is 21.5. The number of carboxylic acid groups (broad SMARTS) is 1. The van der Waals surface area contributed by atoms with Gasteiger partial charge in [-0.1, -0.05) is 88.9 Å². The predicted molar refractivity (Wildman–Crippen MR) is 185 cm³/mol. The number of likely N-dealkylation sites (tertiary alicyclic amines) is 1. The zero-order valence-electron chi connectivity index (χ0n) is 30.0. The molecule has 2 N–H and O–H groups in total. The maximum absolute atomic E-state index is 13.3. The van der Waals surface area contributed by atoms with Gasteiger partial charge < -0.3 is 29.4 Å². The van der Waals surface area contributed by atoms with E-state index in [2.05, 4.69) is 17.2 Å². The van der Waals surface area contributed by atoms with Gasteiger partial charge in [0.05, 0.1) is 26.8 Å². The molecular formula is C38H47N3O10. The van der Waals surface area contributed by atoms with E-state index in [1.165, 1.54) is 12.0 Å². The Morgan fingerprint density at radius 2 is 1.69 bits per heavy atom. The van der Waals surface area contributed by atoms with Crippen LogP contribution in [0, 0.1) is 22.7 Å². The fraction of sp³-hybridized carbons (Fsp3) is 0.500. The van der Waals surface area contributed by atoms with Crippen LogP contribution >= 0.6 is 0 Å². The maximum Gasteiger partial charge on any atom is 0.410 e. The third-order valence-corrected chi connectivity index (χ3v) is 8.80. The molecule has 51 heavy (non-hydrogen) atoms. The number of amides is 3. The Hall–Kier alpha value is -5.25. The van der Waals surface area contributed by atoms with Gasteiger partial charge >= 0.3 is 30.2 Å². The zero-order chi connectivity index (χ0) is 37.3. The Kier molecular flexibility index (Phi) is 12.6. The molecule has 0 spiro atoms. The van der Waals surface area contributed by atoms with Crippen LogP contribution in [0.2, 0.25) is 0 Å². The van der Waals surface area contributed by atoms with Crippen molar-refractivity contribution >= 4 is 30.2 Å². The number of benzene rings is 2. The van der Waals surface area contributed by atoms with Crippen LogP contribution < -0.4 is 5.32 Å². The molecule has 0 saturated carbocycles. The smallest absolute Gasteiger partial charge is 0.410 e. The first-order chi connectivity index (χ1) is 24.1. The number of alkyl carbamates (subject to hydrolysis) is 1. The monoisotopic (exact) mass is 705 g/mol. The molecule has 0 unspecified atom stereocenters. The summed E-state index contributed by atoms with van der Waals surface area (Å²) in [5, 5.41) is 11.9. The van der Waals surface area contributed by atoms with Gasteiger partial charge in [-0.25, -0.2) is 24.0 Å². The number of fused-ring (bicyclic) bond motifs is 1. The van der Waals surface area contributed by atoms with Crippen molar-refractivity contribution in [3.05, 3.63) is 70.8 Å². The van der Waals surface area contributed by atoms with Crippen molar-refractivity contribution in [3.63, 3.8) is 0 Å². The lowest BCUT2D eigenvalue weighted by atomic mass is 9.87. The Bertz CT molecular complexity index is 1660. The van der Waals surface area contributed by atoms with Crippen LogP contribution in [0.5, 0.6) is 0 Å². The van der Waals surface area contributed by atoms with Gasteiger partial charge in [-0.3, -0.25) is 9.80 Å². The summed E-state index contributed by atoms with van der Waals surface area (Å²) in [5.74, 6) is 4.66. The standard InChI is InChI=1S/C38H47N3O10/c1-37(2,3)31(32(42)43)39-34(45)50-24-38(4,5)18-11-10-15-26-16-12-17-27-20-40(22-29(26)27)35(46)51-28-19-30(33(44)48-6)41(21-28)36(47)49-23-25-13-8-7-9-14-25/h7-9,12-14,16-17,28,30-31H,11,18-24H2,1-6H3,(H,39,45)(H,42,43)/t28-,30+,31-/m1/s1. The molecule has 3 amide bonds. The minimum absolute atomic E-state index is 0.0114. The maximum atomic E-state index is 13.3. The van der Waals surface area contributed by atoms with Crippen LogP contribution in [0.25, 0.3) is 0 Å². The van der Waals surface area contributed by atoms with Crippen molar-refractivity contribution in [3.8, 4) is 11.8 Å². The highest BCUT2D eigenvalue weighted by atomic mass is 16.6. The van der Waals surface area contributed by atoms with Crippen LogP contribution in [0.15, 0.2) is 48.5 Å². The molecule has 0 bridgehead atoms. The fourth-order valence-corrected chi connectivity index (χ4v) is 5.83. The summed E-state index contributed by atoms with van der Waals surface area (Å²) in [4.78, 5) is 65.4. The molecule has 2 aromatic rings. The van der Waals surface area contributed by atoms with Gasteiger partial charge in [0.2, 0.25) is 0 Å². The van der Waals surface area contributed by atoms with Crippen LogP contribution in [0.1, 0.15) is 76.1 Å². The molecule has 2 heterocycles. The van der Waals surface area contributed by atoms with Gasteiger partial charge in [0.25, 0.3) is 0 Å². The average molecular weight is 706 g/mol. The molecule has 1 fully saturated rings. The molecule has 3 atom stereocenters. The van der Waals surface area contributed by atoms with Crippen molar-refractivity contribution in [2.24, 2.45) is 10.8 Å². The molecule has 2 aliphatic rings. The summed E-state index contributed by atoms with van der Waals surface area (Å²) in [5.41, 5.74) is 2.35. The van der Waals surface area contributed by atoms with Gasteiger partial charge in [0, 0.05) is 24.9 Å². The molecule has 0 aromatic heterocycles. The lowest BCUT2D eigenvalue weighted by Gasteiger charge is -2.28. The number of aliphatic carboxylic acids is 1. The molecule has 4 rings (SSSR count). The van der Waals surface area contributed by atoms with E-state index in [0.29, 0.717) is 19.4 Å². The molecular weight excluding hydrogens is 658 g/mol. The van der Waals surface area contributed by atoms with Crippen LogP contribution in [0.3, 0.4) is 0 Å². The highest BCUT2D eigenvalue weighted by molar-refractivity contribution is 5.82. The summed E-state index contributed by atoms with van der Waals surface area (Å²) in [6.45, 7) is 9.77. The number of rotatable bonds is 10. The van der Waals surface area contributed by atoms with Crippen molar-refractivity contribution in [2.75, 3.05) is 20.3 Å². The summed E-state index contributed by atoms with van der Waals surface area (Å²) >= 11 is 0. The van der Waals surface area contributed by atoms with Gasteiger partial charge in [0.1, 0.15) is 24.8 Å². The normalized spacial score (nSPS) is 17.4. The van der Waals surface area contributed by atoms with E-state index in [1.807, 2.05) is 62.4 Å². The zero-order valence-corrected chi connectivity index (χ0v) is 30.0. The van der Waals surface area contributed by atoms with Gasteiger partial charge in [0.15, 0.2) is 0 Å². The van der Waals surface area contributed by atoms with E-state index in [9.17, 15) is 29.1 Å². The number of carboxylic acids is 1. The number of carbonyl (C=O) groups is 5. The number of hydrogen-bond donors (Lipinski definition) is 2. The quantitative estimate of drug-likeness (QED) is 0.184. The molecule has 0 aliphatic carbocycles. The molecule has 2 aromatic carbocycles. The number of nitrogens with one attached hydrogen (secondary N) is 1. The lowest BCUT2D eigenvalue weighted by molar-refractivity contribution is -0.145. The Labute approximate surface area is 298 Å². The van der Waals surface area contributed by atoms with Gasteiger partial charge in [-0.05, 0) is 40.0 Å². The van der Waals surface area contributed by atoms with E-state index in [0.717, 1.165) is 22.3 Å². The van der Waals surface area contributed by atoms with Crippen LogP contribution in [-0.4, -0.2) is 83.6 Å². The second-order valence-electron chi connectivity index (χ2n) is 14.6. The van der Waals surface area contributed by atoms with Crippen molar-refractivity contribution in [2.45, 2.75) is 91.8 Å². The SMILES string of the molecule is COC(=O)[C@@H]1C[C@@H](OC(=O)N2Cc3cccc(C#CCCC(C)(C)COC(=O)N[C@H](C(=O)O)C(C)(C)C)c3C2)CN1C(=O)OCc1ccccc1. The van der Waals surface area contributed by atoms with E-state index < -0.39 is 59.2 Å². The van der Waals surface area contributed by atoms with E-state index in [1.54, 1.807) is 25.7 Å². The average Bonchev–Trinajstić information content (AvgIpc) is 3.72. The second kappa shape index (κ2) is 16.6. The molecule has 274 valence electrons. The van der Waals surface area contributed by atoms with Gasteiger partial charge in [-0.2, -0.15) is 0 Å². The van der Waals surface area contributed by atoms with Crippen molar-refractivity contribution in [1.82, 2.24) is 15.1 Å². The molecule has 13 heteroatoms. The number of nitrogens with zero attached hydrogens (tertiary/aromatic N) is 2. The van der Waals surface area contributed by atoms with E-state index in [-0.39, 0.29) is 32.7 Å². The number of hydrogen-bond acceptors (Lipinski definition) is 9. The number of methoxy groups -OCH3 is 1. The number of carbonyl (C=O) groups excluding carboxylic acids is 4. The first kappa shape index (κ1) is 38.6. The summed E-state index contributed by atoms with van der Waals surface area (Å²) in [6.07, 6.45) is -1.56. The molecule has 2 aliphatic heterocycles. The topological polar surface area (TPSA) is 161 Å². The molecule has 13 nitrogen and oxygen atoms in total. The highest BCUT2D eigenvalue weighted by Gasteiger charge is 2.44. The Morgan fingerprint density at radius 1 is 0.961 bits per heavy atom.